The third kappa shape index (κ3) is 4.53. The van der Waals surface area contributed by atoms with E-state index in [1.165, 1.54) is 40.7 Å². The molecule has 0 radical (unpaired) electrons. The van der Waals surface area contributed by atoms with Crippen LogP contribution in [0, 0.1) is 16.0 Å². The fourth-order valence-electron chi connectivity index (χ4n) is 4.40. The average Bonchev–Trinajstić information content (AvgIpc) is 3.27. The van der Waals surface area contributed by atoms with Gasteiger partial charge in [-0.05, 0) is 56.0 Å². The molecule has 1 fully saturated rings. The Hall–Kier alpha value is -3.31. The van der Waals surface area contributed by atoms with Crippen LogP contribution >= 0.6 is 0 Å². The Morgan fingerprint density at radius 1 is 1.09 bits per heavy atom. The number of ether oxygens (including phenoxy) is 1. The number of carbonyl (C=O) groups is 2. The van der Waals surface area contributed by atoms with Crippen molar-refractivity contribution in [1.82, 2.24) is 4.31 Å². The molecule has 180 valence electrons. The predicted octanol–water partition coefficient (Wildman–Crippen LogP) is 2.76. The molecular formula is C23H25N3O7S. The number of esters is 1. The highest BCUT2D eigenvalue weighted by molar-refractivity contribution is 7.89. The van der Waals surface area contributed by atoms with Crippen molar-refractivity contribution in [1.29, 1.82) is 0 Å². The van der Waals surface area contributed by atoms with E-state index in [1.807, 2.05) is 0 Å². The van der Waals surface area contributed by atoms with Crippen molar-refractivity contribution >= 4 is 33.3 Å². The number of nitrogens with zero attached hydrogens (tertiary/aromatic N) is 3. The number of hydrogen-bond acceptors (Lipinski definition) is 7. The number of carbonyl (C=O) groups excluding carboxylic acids is 2. The molecule has 0 unspecified atom stereocenters. The van der Waals surface area contributed by atoms with E-state index in [9.17, 15) is 28.1 Å². The minimum atomic E-state index is -3.77. The number of fused-ring (bicyclic) bond motifs is 1. The van der Waals surface area contributed by atoms with E-state index in [1.54, 1.807) is 17.9 Å². The minimum Gasteiger partial charge on any atom is -0.462 e. The van der Waals surface area contributed by atoms with Crippen molar-refractivity contribution in [3.63, 3.8) is 0 Å². The third-order valence-corrected chi connectivity index (χ3v) is 8.16. The first-order chi connectivity index (χ1) is 16.2. The van der Waals surface area contributed by atoms with Gasteiger partial charge in [-0.25, -0.2) is 13.2 Å². The lowest BCUT2D eigenvalue weighted by Crippen LogP contribution is -2.44. The summed E-state index contributed by atoms with van der Waals surface area (Å²) in [5.41, 5.74) is 1.67. The van der Waals surface area contributed by atoms with Gasteiger partial charge in [0, 0.05) is 37.7 Å². The molecule has 0 spiro atoms. The Kier molecular flexibility index (Phi) is 6.67. The van der Waals surface area contributed by atoms with Gasteiger partial charge >= 0.3 is 5.97 Å². The minimum absolute atomic E-state index is 0.0617. The Morgan fingerprint density at radius 2 is 1.76 bits per heavy atom. The van der Waals surface area contributed by atoms with Crippen LogP contribution in [-0.2, 0) is 26.0 Å². The van der Waals surface area contributed by atoms with Crippen LogP contribution in [0.5, 0.6) is 0 Å². The number of piperidine rings is 1. The molecule has 10 nitrogen and oxygen atoms in total. The third-order valence-electron chi connectivity index (χ3n) is 6.25. The predicted molar refractivity (Wildman–Crippen MR) is 123 cm³/mol. The average molecular weight is 488 g/mol. The standard InChI is InChI=1S/C23H25N3O7S/c1-2-33-23(28)18-4-7-20(8-5-18)34(31,32)24-12-9-17(10-13-24)22(27)25-14-11-16-3-6-19(26(29)30)15-21(16)25/h3-8,15,17H,2,9-14H2,1H3. The highest BCUT2D eigenvalue weighted by atomic mass is 32.2. The van der Waals surface area contributed by atoms with Gasteiger partial charge in [-0.3, -0.25) is 14.9 Å². The van der Waals surface area contributed by atoms with Gasteiger partial charge in [0.1, 0.15) is 0 Å². The number of benzene rings is 2. The van der Waals surface area contributed by atoms with E-state index in [0.29, 0.717) is 31.5 Å². The Labute approximate surface area is 197 Å². The maximum Gasteiger partial charge on any atom is 0.338 e. The van der Waals surface area contributed by atoms with Crippen LogP contribution in [-0.4, -0.2) is 55.8 Å². The number of sulfonamides is 1. The van der Waals surface area contributed by atoms with Gasteiger partial charge in [-0.15, -0.1) is 0 Å². The highest BCUT2D eigenvalue weighted by Gasteiger charge is 2.36. The molecule has 0 aromatic heterocycles. The zero-order chi connectivity index (χ0) is 24.5. The van der Waals surface area contributed by atoms with E-state index in [0.717, 1.165) is 5.56 Å². The van der Waals surface area contributed by atoms with Gasteiger partial charge in [0.15, 0.2) is 0 Å². The summed E-state index contributed by atoms with van der Waals surface area (Å²) in [5.74, 6) is -1.00. The Balaban J connectivity index is 1.42. The molecule has 0 saturated carbocycles. The number of hydrogen-bond donors (Lipinski definition) is 0. The quantitative estimate of drug-likeness (QED) is 0.348. The number of anilines is 1. The normalized spacial score (nSPS) is 16.8. The number of rotatable bonds is 6. The van der Waals surface area contributed by atoms with Crippen molar-refractivity contribution in [3.8, 4) is 0 Å². The van der Waals surface area contributed by atoms with E-state index >= 15 is 0 Å². The van der Waals surface area contributed by atoms with Crippen LogP contribution in [0.3, 0.4) is 0 Å². The molecule has 4 rings (SSSR count). The summed E-state index contributed by atoms with van der Waals surface area (Å²) in [6.07, 6.45) is 1.35. The van der Waals surface area contributed by atoms with E-state index in [-0.39, 0.29) is 47.7 Å². The number of amides is 1. The lowest BCUT2D eigenvalue weighted by molar-refractivity contribution is -0.384. The fourth-order valence-corrected chi connectivity index (χ4v) is 5.87. The molecule has 2 aliphatic rings. The van der Waals surface area contributed by atoms with Gasteiger partial charge in [0.25, 0.3) is 5.69 Å². The zero-order valence-electron chi connectivity index (χ0n) is 18.7. The highest BCUT2D eigenvalue weighted by Crippen LogP contribution is 2.34. The molecule has 2 aromatic carbocycles. The lowest BCUT2D eigenvalue weighted by Gasteiger charge is -2.32. The summed E-state index contributed by atoms with van der Waals surface area (Å²) in [6.45, 7) is 2.76. The zero-order valence-corrected chi connectivity index (χ0v) is 19.5. The first-order valence-electron chi connectivity index (χ1n) is 11.1. The molecule has 1 saturated heterocycles. The number of nitro benzene ring substituents is 1. The van der Waals surface area contributed by atoms with Gasteiger partial charge in [-0.1, -0.05) is 6.07 Å². The topological polar surface area (TPSA) is 127 Å². The maximum absolute atomic E-state index is 13.2. The van der Waals surface area contributed by atoms with Crippen LogP contribution in [0.25, 0.3) is 0 Å². The van der Waals surface area contributed by atoms with Crippen molar-refractivity contribution < 1.29 is 27.7 Å². The fraction of sp³-hybridized carbons (Fsp3) is 0.391. The van der Waals surface area contributed by atoms with E-state index in [2.05, 4.69) is 0 Å². The van der Waals surface area contributed by atoms with Crippen molar-refractivity contribution in [2.24, 2.45) is 5.92 Å². The van der Waals surface area contributed by atoms with Gasteiger partial charge in [0.05, 0.1) is 27.7 Å². The molecule has 2 aromatic rings. The van der Waals surface area contributed by atoms with Crippen LogP contribution in [0.1, 0.15) is 35.7 Å². The molecule has 0 bridgehead atoms. The molecule has 0 aliphatic carbocycles. The van der Waals surface area contributed by atoms with E-state index < -0.39 is 20.9 Å². The second-order valence-corrected chi connectivity index (χ2v) is 10.2. The molecule has 11 heteroatoms. The lowest BCUT2D eigenvalue weighted by atomic mass is 9.96. The first-order valence-corrected chi connectivity index (χ1v) is 12.5. The second kappa shape index (κ2) is 9.51. The number of non-ortho nitro benzene ring substituents is 1. The van der Waals surface area contributed by atoms with Gasteiger partial charge < -0.3 is 9.64 Å². The smallest absolute Gasteiger partial charge is 0.338 e. The molecule has 1 amide bonds. The largest absolute Gasteiger partial charge is 0.462 e. The summed E-state index contributed by atoms with van der Waals surface area (Å²) < 4.78 is 32.3. The van der Waals surface area contributed by atoms with Crippen LogP contribution in [0.15, 0.2) is 47.4 Å². The summed E-state index contributed by atoms with van der Waals surface area (Å²) in [7, 11) is -3.77. The van der Waals surface area contributed by atoms with Gasteiger partial charge in [0.2, 0.25) is 15.9 Å². The summed E-state index contributed by atoms with van der Waals surface area (Å²) in [4.78, 5) is 37.3. The van der Waals surface area contributed by atoms with Crippen LogP contribution in [0.2, 0.25) is 0 Å². The summed E-state index contributed by atoms with van der Waals surface area (Å²) in [6, 6.07) is 10.2. The SMILES string of the molecule is CCOC(=O)c1ccc(S(=O)(=O)N2CCC(C(=O)N3CCc4ccc([N+](=O)[O-])cc43)CC2)cc1. The Bertz CT molecular complexity index is 1220. The van der Waals surface area contributed by atoms with Crippen molar-refractivity contribution in [2.45, 2.75) is 31.1 Å². The van der Waals surface area contributed by atoms with Crippen molar-refractivity contribution in [2.75, 3.05) is 31.1 Å². The summed E-state index contributed by atoms with van der Waals surface area (Å²) in [5, 5.41) is 11.1. The molecule has 0 N–H and O–H groups in total. The van der Waals surface area contributed by atoms with Gasteiger partial charge in [-0.2, -0.15) is 4.31 Å². The Morgan fingerprint density at radius 3 is 2.38 bits per heavy atom. The molecular weight excluding hydrogens is 462 g/mol. The monoisotopic (exact) mass is 487 g/mol. The molecule has 2 aliphatic heterocycles. The second-order valence-electron chi connectivity index (χ2n) is 8.23. The maximum atomic E-state index is 13.2. The first kappa shape index (κ1) is 23.8. The summed E-state index contributed by atoms with van der Waals surface area (Å²) >= 11 is 0. The van der Waals surface area contributed by atoms with E-state index in [4.69, 9.17) is 4.74 Å². The van der Waals surface area contributed by atoms with Crippen LogP contribution in [0.4, 0.5) is 11.4 Å². The van der Waals surface area contributed by atoms with Crippen LogP contribution < -0.4 is 4.90 Å². The molecule has 2 heterocycles. The molecule has 34 heavy (non-hydrogen) atoms. The van der Waals surface area contributed by atoms with Crippen molar-refractivity contribution in [3.05, 3.63) is 63.7 Å². The number of nitro groups is 1. The molecule has 0 atom stereocenters.